The topological polar surface area (TPSA) is 100 Å². The van der Waals surface area contributed by atoms with E-state index in [0.29, 0.717) is 10.7 Å². The Morgan fingerprint density at radius 2 is 1.95 bits per heavy atom. The van der Waals surface area contributed by atoms with E-state index >= 15 is 0 Å². The van der Waals surface area contributed by atoms with E-state index in [2.05, 4.69) is 14.8 Å². The van der Waals surface area contributed by atoms with E-state index in [0.717, 1.165) is 5.01 Å². The van der Waals surface area contributed by atoms with Crippen molar-refractivity contribution < 1.29 is 17.4 Å². The molecule has 8 nitrogen and oxygen atoms in total. The molecule has 1 N–H and O–H groups in total. The molecule has 0 radical (unpaired) electrons. The first kappa shape index (κ1) is 14.9. The summed E-state index contributed by atoms with van der Waals surface area (Å²) in [4.78, 5) is 12.2. The van der Waals surface area contributed by atoms with Crippen molar-refractivity contribution in [2.24, 2.45) is 9.50 Å². The smallest absolute Gasteiger partial charge is 0.302 e. The van der Waals surface area contributed by atoms with Crippen molar-refractivity contribution in [3.8, 4) is 0 Å². The minimum Gasteiger partial charge on any atom is -0.302 e. The number of carbonyl (C=O) groups excluding carboxylic acids is 1. The zero-order chi connectivity index (χ0) is 16.1. The van der Waals surface area contributed by atoms with Crippen LogP contribution in [0.25, 0.3) is 0 Å². The Bertz CT molecular complexity index is 818. The molecule has 2 heterocycles. The molecule has 1 aromatic rings. The Balaban J connectivity index is 2.11. The molecule has 22 heavy (non-hydrogen) atoms. The molecule has 10 heteroatoms. The van der Waals surface area contributed by atoms with Crippen LogP contribution < -0.4 is 10.3 Å². The molecule has 2 aliphatic rings. The molecule has 0 fully saturated rings. The number of nitrogens with one attached hydrogen (secondary N) is 1. The van der Waals surface area contributed by atoms with Crippen LogP contribution in [-0.2, 0) is 14.5 Å². The molecule has 1 atom stereocenters. The molecular formula is C12H11ClN4O4S. The third-order valence-electron chi connectivity index (χ3n) is 3.12. The summed E-state index contributed by atoms with van der Waals surface area (Å²) in [6.07, 6.45) is 0. The van der Waals surface area contributed by atoms with Crippen LogP contribution in [0, 0.1) is 0 Å². The summed E-state index contributed by atoms with van der Waals surface area (Å²) in [6.45, 7) is 2.88. The van der Waals surface area contributed by atoms with Gasteiger partial charge in [0.05, 0.1) is 11.4 Å². The van der Waals surface area contributed by atoms with Gasteiger partial charge >= 0.3 is 16.3 Å². The molecule has 1 unspecified atom stereocenters. The maximum Gasteiger partial charge on any atom is 0.383 e. The number of hydrazone groups is 1. The maximum atomic E-state index is 12.2. The van der Waals surface area contributed by atoms with Gasteiger partial charge in [0.1, 0.15) is 5.71 Å². The SMILES string of the molecule is CC1=NS(=O)(=O)OC2(C)NC(=O)N(c3ccc(Cl)cc3)N=C12. The van der Waals surface area contributed by atoms with Crippen molar-refractivity contribution in [2.45, 2.75) is 19.6 Å². The van der Waals surface area contributed by atoms with Crippen molar-refractivity contribution in [3.63, 3.8) is 0 Å². The summed E-state index contributed by atoms with van der Waals surface area (Å²) in [5.41, 5.74) is -0.757. The second-order valence-corrected chi connectivity index (χ2v) is 6.53. The number of carbonyl (C=O) groups is 1. The standard InChI is InChI=1S/C12H11ClN4O4S/c1-7-10-12(2,21-22(19,20)16-7)14-11(18)17(15-10)9-5-3-8(13)4-6-9/h3-6H,1-2H3,(H,14,18). The van der Waals surface area contributed by atoms with Gasteiger partial charge in [-0.1, -0.05) is 11.6 Å². The largest absolute Gasteiger partial charge is 0.383 e. The normalized spacial score (nSPS) is 26.7. The van der Waals surface area contributed by atoms with Gasteiger partial charge in [0, 0.05) is 5.02 Å². The Kier molecular flexibility index (Phi) is 3.24. The quantitative estimate of drug-likeness (QED) is 0.839. The summed E-state index contributed by atoms with van der Waals surface area (Å²) >= 11 is 5.81. The second-order valence-electron chi connectivity index (χ2n) is 4.89. The number of urea groups is 1. The zero-order valence-corrected chi connectivity index (χ0v) is 13.1. The average Bonchev–Trinajstić information content (AvgIpc) is 2.37. The number of hydrogen-bond donors (Lipinski definition) is 1. The lowest BCUT2D eigenvalue weighted by Crippen LogP contribution is -2.65. The van der Waals surface area contributed by atoms with E-state index in [9.17, 15) is 13.2 Å². The summed E-state index contributed by atoms with van der Waals surface area (Å²) < 4.78 is 31.5. The Hall–Kier alpha value is -1.97. The first-order chi connectivity index (χ1) is 10.2. The van der Waals surface area contributed by atoms with E-state index in [1.165, 1.54) is 13.8 Å². The Morgan fingerprint density at radius 3 is 2.59 bits per heavy atom. The molecule has 0 spiro atoms. The van der Waals surface area contributed by atoms with Crippen molar-refractivity contribution >= 4 is 45.0 Å². The minimum atomic E-state index is -4.12. The van der Waals surface area contributed by atoms with Gasteiger partial charge < -0.3 is 5.32 Å². The summed E-state index contributed by atoms with van der Waals surface area (Å²) in [5, 5.41) is 8.27. The first-order valence-corrected chi connectivity index (χ1v) is 7.94. The highest BCUT2D eigenvalue weighted by molar-refractivity contribution is 7.85. The molecule has 0 aromatic heterocycles. The summed E-state index contributed by atoms with van der Waals surface area (Å²) in [6, 6.07) is 5.82. The van der Waals surface area contributed by atoms with Gasteiger partial charge in [-0.05, 0) is 38.1 Å². The third-order valence-corrected chi connectivity index (χ3v) is 4.42. The number of halogens is 1. The number of benzene rings is 1. The van der Waals surface area contributed by atoms with Crippen molar-refractivity contribution in [1.82, 2.24) is 5.32 Å². The highest BCUT2D eigenvalue weighted by Gasteiger charge is 2.48. The Morgan fingerprint density at radius 1 is 1.32 bits per heavy atom. The molecule has 1 aromatic carbocycles. The predicted octanol–water partition coefficient (Wildman–Crippen LogP) is 1.68. The fraction of sp³-hybridized carbons (Fsp3) is 0.250. The number of nitrogens with zero attached hydrogens (tertiary/aromatic N) is 3. The molecule has 116 valence electrons. The van der Waals surface area contributed by atoms with Gasteiger partial charge in [0.25, 0.3) is 0 Å². The van der Waals surface area contributed by atoms with Crippen LogP contribution in [0.3, 0.4) is 0 Å². The van der Waals surface area contributed by atoms with E-state index in [4.69, 9.17) is 15.8 Å². The number of hydrogen-bond acceptors (Lipinski definition) is 5. The highest BCUT2D eigenvalue weighted by atomic mass is 35.5. The molecule has 0 saturated carbocycles. The van der Waals surface area contributed by atoms with Gasteiger partial charge in [0.2, 0.25) is 5.72 Å². The van der Waals surface area contributed by atoms with Crippen LogP contribution in [0.2, 0.25) is 5.02 Å². The molecule has 0 bridgehead atoms. The zero-order valence-electron chi connectivity index (χ0n) is 11.6. The monoisotopic (exact) mass is 342 g/mol. The molecular weight excluding hydrogens is 332 g/mol. The van der Waals surface area contributed by atoms with E-state index < -0.39 is 22.1 Å². The molecule has 2 aliphatic heterocycles. The highest BCUT2D eigenvalue weighted by Crippen LogP contribution is 2.28. The second kappa shape index (κ2) is 4.77. The van der Waals surface area contributed by atoms with Gasteiger partial charge in [0.15, 0.2) is 0 Å². The Labute approximate surface area is 131 Å². The van der Waals surface area contributed by atoms with Gasteiger partial charge in [-0.15, -0.1) is 4.40 Å². The van der Waals surface area contributed by atoms with Gasteiger partial charge in [-0.3, -0.25) is 0 Å². The summed E-state index contributed by atoms with van der Waals surface area (Å²) in [7, 11) is -4.12. The van der Waals surface area contributed by atoms with Crippen molar-refractivity contribution in [2.75, 3.05) is 5.01 Å². The maximum absolute atomic E-state index is 12.2. The lowest BCUT2D eigenvalue weighted by atomic mass is 10.1. The number of fused-ring (bicyclic) bond motifs is 1. The van der Waals surface area contributed by atoms with E-state index in [-0.39, 0.29) is 11.4 Å². The molecule has 2 amide bonds. The number of amides is 2. The fourth-order valence-corrected chi connectivity index (χ4v) is 3.36. The molecule has 0 saturated heterocycles. The minimum absolute atomic E-state index is 0.146. The lowest BCUT2D eigenvalue weighted by molar-refractivity contribution is 0.133. The van der Waals surface area contributed by atoms with Crippen molar-refractivity contribution in [3.05, 3.63) is 29.3 Å². The van der Waals surface area contributed by atoms with Crippen LogP contribution in [0.4, 0.5) is 10.5 Å². The van der Waals surface area contributed by atoms with Crippen molar-refractivity contribution in [1.29, 1.82) is 0 Å². The first-order valence-electron chi connectivity index (χ1n) is 6.20. The number of anilines is 1. The van der Waals surface area contributed by atoms with Crippen LogP contribution in [0.5, 0.6) is 0 Å². The lowest BCUT2D eigenvalue weighted by Gasteiger charge is -2.38. The fourth-order valence-electron chi connectivity index (χ4n) is 2.23. The van der Waals surface area contributed by atoms with Gasteiger partial charge in [-0.25, -0.2) is 8.98 Å². The van der Waals surface area contributed by atoms with E-state index in [1.807, 2.05) is 0 Å². The average molecular weight is 343 g/mol. The van der Waals surface area contributed by atoms with Crippen LogP contribution in [0.1, 0.15) is 13.8 Å². The van der Waals surface area contributed by atoms with E-state index in [1.54, 1.807) is 24.3 Å². The van der Waals surface area contributed by atoms with Crippen LogP contribution in [0.15, 0.2) is 33.8 Å². The van der Waals surface area contributed by atoms with Gasteiger partial charge in [-0.2, -0.15) is 18.5 Å². The molecule has 0 aliphatic carbocycles. The summed E-state index contributed by atoms with van der Waals surface area (Å²) in [5.74, 6) is 0. The third kappa shape index (κ3) is 2.47. The van der Waals surface area contributed by atoms with Crippen LogP contribution >= 0.6 is 11.6 Å². The van der Waals surface area contributed by atoms with Crippen LogP contribution in [-0.4, -0.2) is 31.6 Å². The number of rotatable bonds is 1. The molecule has 3 rings (SSSR count). The predicted molar refractivity (Wildman–Crippen MR) is 81.4 cm³/mol.